The molecule has 1 fully saturated rings. The first kappa shape index (κ1) is 13.4. The molecular formula is C11H20N4O3. The zero-order valence-electron chi connectivity index (χ0n) is 10.8. The van der Waals surface area contributed by atoms with Gasteiger partial charge < -0.3 is 14.6 Å². The monoisotopic (exact) mass is 256 g/mol. The van der Waals surface area contributed by atoms with E-state index in [1.54, 1.807) is 7.11 Å². The van der Waals surface area contributed by atoms with Crippen LogP contribution < -0.4 is 0 Å². The maximum Gasteiger partial charge on any atom is 0.180 e. The minimum absolute atomic E-state index is 0.126. The van der Waals surface area contributed by atoms with E-state index in [0.717, 1.165) is 12.4 Å². The van der Waals surface area contributed by atoms with E-state index >= 15 is 0 Å². The summed E-state index contributed by atoms with van der Waals surface area (Å²) in [5.41, 5.74) is 0. The Morgan fingerprint density at radius 1 is 1.67 bits per heavy atom. The molecule has 0 aliphatic carbocycles. The van der Waals surface area contributed by atoms with E-state index in [1.807, 2.05) is 6.92 Å². The van der Waals surface area contributed by atoms with Gasteiger partial charge in [-0.3, -0.25) is 10.00 Å². The van der Waals surface area contributed by atoms with Gasteiger partial charge in [-0.25, -0.2) is 4.98 Å². The number of nitrogens with one attached hydrogen (secondary N) is 1. The van der Waals surface area contributed by atoms with Crippen molar-refractivity contribution in [3.05, 3.63) is 11.6 Å². The van der Waals surface area contributed by atoms with Crippen LogP contribution in [0.25, 0.3) is 0 Å². The van der Waals surface area contributed by atoms with Crippen LogP contribution in [0.1, 0.15) is 17.8 Å². The topological polar surface area (TPSA) is 83.5 Å². The van der Waals surface area contributed by atoms with Gasteiger partial charge in [0.2, 0.25) is 0 Å². The van der Waals surface area contributed by atoms with Crippen molar-refractivity contribution < 1.29 is 14.6 Å². The standard InChI is InChI=1S/C11H20N4O3/c1-8-12-11(14-13-8)10-6-15(3-4-18-10)5-9(16)7-17-2/h9-10,16H,3-7H2,1-2H3,(H,12,13,14)/t9-,10+/m0/s1. The summed E-state index contributed by atoms with van der Waals surface area (Å²) in [5, 5.41) is 16.6. The lowest BCUT2D eigenvalue weighted by atomic mass is 10.2. The lowest BCUT2D eigenvalue weighted by molar-refractivity contribution is -0.0526. The lowest BCUT2D eigenvalue weighted by Gasteiger charge is -2.32. The van der Waals surface area contributed by atoms with Gasteiger partial charge in [0.05, 0.1) is 19.3 Å². The number of hydrogen-bond donors (Lipinski definition) is 2. The van der Waals surface area contributed by atoms with Gasteiger partial charge in [0.15, 0.2) is 5.82 Å². The van der Waals surface area contributed by atoms with Crippen LogP contribution in [0.15, 0.2) is 0 Å². The Labute approximate surface area is 106 Å². The fourth-order valence-corrected chi connectivity index (χ4v) is 2.07. The molecule has 1 saturated heterocycles. The lowest BCUT2D eigenvalue weighted by Crippen LogP contribution is -2.43. The van der Waals surface area contributed by atoms with E-state index < -0.39 is 6.10 Å². The molecule has 0 unspecified atom stereocenters. The van der Waals surface area contributed by atoms with Gasteiger partial charge in [0, 0.05) is 26.7 Å². The largest absolute Gasteiger partial charge is 0.389 e. The van der Waals surface area contributed by atoms with E-state index in [2.05, 4.69) is 20.1 Å². The summed E-state index contributed by atoms with van der Waals surface area (Å²) in [6, 6.07) is 0. The summed E-state index contributed by atoms with van der Waals surface area (Å²) >= 11 is 0. The molecule has 0 bridgehead atoms. The Hall–Kier alpha value is -1.02. The van der Waals surface area contributed by atoms with Crippen molar-refractivity contribution >= 4 is 0 Å². The highest BCUT2D eigenvalue weighted by Gasteiger charge is 2.26. The smallest absolute Gasteiger partial charge is 0.180 e. The Kier molecular flexibility index (Phi) is 4.65. The quantitative estimate of drug-likeness (QED) is 0.738. The molecule has 2 heterocycles. The molecule has 7 heteroatoms. The molecular weight excluding hydrogens is 236 g/mol. The SMILES string of the molecule is COC[C@@H](O)CN1CCO[C@@H](c2n[nH]c(C)n2)C1. The zero-order valence-corrected chi connectivity index (χ0v) is 10.8. The number of hydrogen-bond acceptors (Lipinski definition) is 6. The number of aromatic amines is 1. The number of ether oxygens (including phenoxy) is 2. The molecule has 0 spiro atoms. The van der Waals surface area contributed by atoms with E-state index in [-0.39, 0.29) is 6.10 Å². The van der Waals surface area contributed by atoms with Crippen molar-refractivity contribution in [2.45, 2.75) is 19.1 Å². The summed E-state index contributed by atoms with van der Waals surface area (Å²) in [6.07, 6.45) is -0.596. The second kappa shape index (κ2) is 6.24. The van der Waals surface area contributed by atoms with Gasteiger partial charge in [-0.2, -0.15) is 5.10 Å². The maximum absolute atomic E-state index is 9.72. The molecule has 1 aliphatic rings. The average Bonchev–Trinajstić information content (AvgIpc) is 2.76. The van der Waals surface area contributed by atoms with E-state index in [9.17, 15) is 5.11 Å². The summed E-state index contributed by atoms with van der Waals surface area (Å²) in [4.78, 5) is 6.42. The first-order valence-corrected chi connectivity index (χ1v) is 6.09. The summed E-state index contributed by atoms with van der Waals surface area (Å²) < 4.78 is 10.6. The number of aliphatic hydroxyl groups excluding tert-OH is 1. The molecule has 7 nitrogen and oxygen atoms in total. The number of aryl methyl sites for hydroxylation is 1. The Bertz CT molecular complexity index is 371. The minimum Gasteiger partial charge on any atom is -0.389 e. The van der Waals surface area contributed by atoms with Crippen LogP contribution >= 0.6 is 0 Å². The second-order valence-corrected chi connectivity index (χ2v) is 4.51. The van der Waals surface area contributed by atoms with Crippen molar-refractivity contribution in [3.63, 3.8) is 0 Å². The van der Waals surface area contributed by atoms with Crippen LogP contribution in [-0.2, 0) is 9.47 Å². The normalized spacial score (nSPS) is 23.2. The van der Waals surface area contributed by atoms with Gasteiger partial charge in [0.25, 0.3) is 0 Å². The molecule has 0 aromatic carbocycles. The molecule has 0 saturated carbocycles. The molecule has 1 aromatic rings. The fraction of sp³-hybridized carbons (Fsp3) is 0.818. The number of methoxy groups -OCH3 is 1. The van der Waals surface area contributed by atoms with Crippen LogP contribution in [0.3, 0.4) is 0 Å². The molecule has 0 radical (unpaired) electrons. The first-order valence-electron chi connectivity index (χ1n) is 6.09. The molecule has 1 aromatic heterocycles. The van der Waals surface area contributed by atoms with Gasteiger partial charge in [-0.1, -0.05) is 0 Å². The molecule has 0 amide bonds. The fourth-order valence-electron chi connectivity index (χ4n) is 2.07. The van der Waals surface area contributed by atoms with Crippen molar-refractivity contribution in [3.8, 4) is 0 Å². The predicted molar refractivity (Wildman–Crippen MR) is 64.1 cm³/mol. The van der Waals surface area contributed by atoms with Crippen molar-refractivity contribution in [1.82, 2.24) is 20.1 Å². The van der Waals surface area contributed by atoms with Gasteiger partial charge in [0.1, 0.15) is 11.9 Å². The second-order valence-electron chi connectivity index (χ2n) is 4.51. The first-order chi connectivity index (χ1) is 8.69. The van der Waals surface area contributed by atoms with Crippen LogP contribution in [0.2, 0.25) is 0 Å². The maximum atomic E-state index is 9.72. The average molecular weight is 256 g/mol. The van der Waals surface area contributed by atoms with Crippen molar-refractivity contribution in [1.29, 1.82) is 0 Å². The molecule has 18 heavy (non-hydrogen) atoms. The van der Waals surface area contributed by atoms with Gasteiger partial charge in [-0.15, -0.1) is 0 Å². The highest BCUT2D eigenvalue weighted by Crippen LogP contribution is 2.18. The molecule has 2 rings (SSSR count). The zero-order chi connectivity index (χ0) is 13.0. The Balaban J connectivity index is 1.88. The highest BCUT2D eigenvalue weighted by molar-refractivity contribution is 4.95. The molecule has 2 N–H and O–H groups in total. The van der Waals surface area contributed by atoms with Crippen molar-refractivity contribution in [2.24, 2.45) is 0 Å². The number of nitrogens with zero attached hydrogens (tertiary/aromatic N) is 3. The number of aliphatic hydroxyl groups is 1. The summed E-state index contributed by atoms with van der Waals surface area (Å²) in [7, 11) is 1.59. The van der Waals surface area contributed by atoms with Crippen LogP contribution in [0.4, 0.5) is 0 Å². The molecule has 102 valence electrons. The number of aromatic nitrogens is 3. The summed E-state index contributed by atoms with van der Waals surface area (Å²) in [5.74, 6) is 1.46. The predicted octanol–water partition coefficient (Wildman–Crippen LogP) is -0.506. The molecule has 1 aliphatic heterocycles. The third-order valence-corrected chi connectivity index (χ3v) is 2.88. The number of H-pyrrole nitrogens is 1. The van der Waals surface area contributed by atoms with Gasteiger partial charge in [-0.05, 0) is 6.92 Å². The van der Waals surface area contributed by atoms with Gasteiger partial charge >= 0.3 is 0 Å². The summed E-state index contributed by atoms with van der Waals surface area (Å²) in [6.45, 7) is 4.91. The van der Waals surface area contributed by atoms with Crippen LogP contribution in [-0.4, -0.2) is 71.2 Å². The number of β-amino-alcohol motifs (C(OH)–C–C–N with tert-alkyl or cyclic N) is 1. The van der Waals surface area contributed by atoms with Crippen LogP contribution in [0.5, 0.6) is 0 Å². The molecule has 2 atom stereocenters. The van der Waals surface area contributed by atoms with Crippen LogP contribution in [0, 0.1) is 6.92 Å². The minimum atomic E-state index is -0.470. The number of morpholine rings is 1. The third-order valence-electron chi connectivity index (χ3n) is 2.88. The number of rotatable bonds is 5. The van der Waals surface area contributed by atoms with Crippen molar-refractivity contribution in [2.75, 3.05) is 40.0 Å². The Morgan fingerprint density at radius 3 is 3.17 bits per heavy atom. The Morgan fingerprint density at radius 2 is 2.50 bits per heavy atom. The van der Waals surface area contributed by atoms with E-state index in [1.165, 1.54) is 0 Å². The third kappa shape index (κ3) is 3.49. The van der Waals surface area contributed by atoms with E-state index in [0.29, 0.717) is 32.1 Å². The van der Waals surface area contributed by atoms with E-state index in [4.69, 9.17) is 9.47 Å². The highest BCUT2D eigenvalue weighted by atomic mass is 16.5.